The molecule has 5 nitrogen and oxygen atoms in total. The van der Waals surface area contributed by atoms with Gasteiger partial charge in [0.15, 0.2) is 0 Å². The highest BCUT2D eigenvalue weighted by Gasteiger charge is 2.68. The Balaban J connectivity index is 2.39. The Morgan fingerprint density at radius 2 is 1.95 bits per heavy atom. The largest absolute Gasteiger partial charge is 0.442 e. The number of hydrogen-bond donors (Lipinski definition) is 1. The molecule has 0 aromatic rings. The smallest absolute Gasteiger partial charge is 0.439 e. The number of hydrazone groups is 1. The zero-order valence-corrected chi connectivity index (χ0v) is 12.9. The van der Waals surface area contributed by atoms with Gasteiger partial charge < -0.3 is 9.84 Å². The summed E-state index contributed by atoms with van der Waals surface area (Å²) in [5, 5.41) is 14.2. The van der Waals surface area contributed by atoms with Crippen LogP contribution in [0, 0.1) is 5.92 Å². The minimum atomic E-state index is -5.01. The summed E-state index contributed by atoms with van der Waals surface area (Å²) in [5.41, 5.74) is -4.08. The second-order valence-corrected chi connectivity index (χ2v) is 6.76. The first-order valence-electron chi connectivity index (χ1n) is 7.36. The second-order valence-electron chi connectivity index (χ2n) is 6.76. The quantitative estimate of drug-likeness (QED) is 0.743. The molecule has 126 valence electrons. The van der Waals surface area contributed by atoms with Gasteiger partial charge in [0.2, 0.25) is 0 Å². The fraction of sp³-hybridized carbons (Fsp3) is 0.857. The molecule has 0 saturated heterocycles. The molecule has 2 atom stereocenters. The van der Waals surface area contributed by atoms with Gasteiger partial charge in [-0.15, -0.1) is 0 Å². The SMILES string of the molecule is CC(C)(C)OC(=O)N1N=C2CCCCC[C@@H]2[C@]1(O)C(F)(F)F. The van der Waals surface area contributed by atoms with Gasteiger partial charge in [0.05, 0.1) is 5.92 Å². The number of rotatable bonds is 0. The first-order chi connectivity index (χ1) is 9.97. The maximum Gasteiger partial charge on any atom is 0.439 e. The van der Waals surface area contributed by atoms with Crippen molar-refractivity contribution in [3.8, 4) is 0 Å². The monoisotopic (exact) mass is 322 g/mol. The Morgan fingerprint density at radius 3 is 2.50 bits per heavy atom. The van der Waals surface area contributed by atoms with Crippen LogP contribution in [-0.2, 0) is 4.74 Å². The number of halogens is 3. The lowest BCUT2D eigenvalue weighted by molar-refractivity contribution is -0.315. The van der Waals surface area contributed by atoms with Crippen LogP contribution in [0.5, 0.6) is 0 Å². The molecule has 1 N–H and O–H groups in total. The maximum absolute atomic E-state index is 13.5. The molecule has 0 spiro atoms. The third kappa shape index (κ3) is 2.93. The van der Waals surface area contributed by atoms with Gasteiger partial charge in [0, 0.05) is 5.71 Å². The van der Waals surface area contributed by atoms with Crippen LogP contribution in [0.1, 0.15) is 52.9 Å². The summed E-state index contributed by atoms with van der Waals surface area (Å²) in [5.74, 6) is -1.22. The summed E-state index contributed by atoms with van der Waals surface area (Å²) in [4.78, 5) is 12.1. The number of carbonyl (C=O) groups excluding carboxylic acids is 1. The van der Waals surface area contributed by atoms with E-state index in [1.54, 1.807) is 20.8 Å². The van der Waals surface area contributed by atoms with Crippen molar-refractivity contribution in [2.75, 3.05) is 0 Å². The fourth-order valence-corrected chi connectivity index (χ4v) is 2.88. The predicted molar refractivity (Wildman–Crippen MR) is 73.1 cm³/mol. The van der Waals surface area contributed by atoms with Gasteiger partial charge in [-0.25, -0.2) is 4.79 Å². The van der Waals surface area contributed by atoms with E-state index in [-0.39, 0.29) is 17.1 Å². The second kappa shape index (κ2) is 5.40. The Hall–Kier alpha value is -1.31. The number of fused-ring (bicyclic) bond motifs is 1. The van der Waals surface area contributed by atoms with Crippen LogP contribution in [0.15, 0.2) is 5.10 Å². The van der Waals surface area contributed by atoms with Gasteiger partial charge in [-0.2, -0.15) is 23.3 Å². The van der Waals surface area contributed by atoms with Crippen LogP contribution in [0.2, 0.25) is 0 Å². The van der Waals surface area contributed by atoms with Crippen LogP contribution in [0.25, 0.3) is 0 Å². The lowest BCUT2D eigenvalue weighted by Gasteiger charge is -2.37. The van der Waals surface area contributed by atoms with Crippen LogP contribution in [0.4, 0.5) is 18.0 Å². The van der Waals surface area contributed by atoms with Crippen molar-refractivity contribution in [3.63, 3.8) is 0 Å². The highest BCUT2D eigenvalue weighted by atomic mass is 19.4. The van der Waals surface area contributed by atoms with E-state index in [1.165, 1.54) is 0 Å². The predicted octanol–water partition coefficient (Wildman–Crippen LogP) is 3.42. The van der Waals surface area contributed by atoms with Gasteiger partial charge in [-0.1, -0.05) is 12.8 Å². The lowest BCUT2D eigenvalue weighted by atomic mass is 9.87. The van der Waals surface area contributed by atoms with Gasteiger partial charge in [0.25, 0.3) is 5.72 Å². The molecule has 1 amide bonds. The highest BCUT2D eigenvalue weighted by molar-refractivity contribution is 5.92. The number of amides is 1. The number of hydrogen-bond acceptors (Lipinski definition) is 4. The van der Waals surface area contributed by atoms with E-state index >= 15 is 0 Å². The molecule has 1 heterocycles. The van der Waals surface area contributed by atoms with Gasteiger partial charge >= 0.3 is 12.3 Å². The molecule has 1 aliphatic carbocycles. The van der Waals surface area contributed by atoms with Crippen molar-refractivity contribution in [2.24, 2.45) is 11.0 Å². The summed E-state index contributed by atoms with van der Waals surface area (Å²) in [7, 11) is 0. The Morgan fingerprint density at radius 1 is 1.32 bits per heavy atom. The molecular weight excluding hydrogens is 301 g/mol. The topological polar surface area (TPSA) is 62.1 Å². The number of carbonyl (C=O) groups is 1. The fourth-order valence-electron chi connectivity index (χ4n) is 2.88. The summed E-state index contributed by atoms with van der Waals surface area (Å²) < 4.78 is 45.5. The minimum absolute atomic E-state index is 0.0869. The van der Waals surface area contributed by atoms with Crippen LogP contribution in [-0.4, -0.2) is 39.4 Å². The zero-order chi connectivity index (χ0) is 16.8. The first-order valence-corrected chi connectivity index (χ1v) is 7.36. The third-order valence-corrected chi connectivity index (χ3v) is 3.85. The molecule has 1 fully saturated rings. The summed E-state index contributed by atoms with van der Waals surface area (Å²) >= 11 is 0. The standard InChI is InChI=1S/C14H21F3N2O3/c1-12(2,3)22-11(20)19-13(21,14(15,16)17)9-7-5-4-6-8-10(9)18-19/h9,21H,4-8H2,1-3H3/t9-,13-/m0/s1. The Labute approximate surface area is 127 Å². The molecule has 2 rings (SSSR count). The van der Waals surface area contributed by atoms with Crippen LogP contribution in [0.3, 0.4) is 0 Å². The molecular formula is C14H21F3N2O3. The molecule has 8 heteroatoms. The van der Waals surface area contributed by atoms with Crippen molar-refractivity contribution in [3.05, 3.63) is 0 Å². The molecule has 2 aliphatic rings. The van der Waals surface area contributed by atoms with Gasteiger partial charge in [0.1, 0.15) is 5.60 Å². The molecule has 1 saturated carbocycles. The van der Waals surface area contributed by atoms with E-state index in [2.05, 4.69) is 5.10 Å². The third-order valence-electron chi connectivity index (χ3n) is 3.85. The molecule has 0 unspecified atom stereocenters. The Kier molecular flexibility index (Phi) is 4.18. The number of nitrogens with zero attached hydrogens (tertiary/aromatic N) is 2. The van der Waals surface area contributed by atoms with Gasteiger partial charge in [-0.05, 0) is 40.0 Å². The summed E-state index contributed by atoms with van der Waals surface area (Å²) in [6.07, 6.45) is -3.75. The molecule has 0 bridgehead atoms. The van der Waals surface area contributed by atoms with E-state index in [9.17, 15) is 23.1 Å². The van der Waals surface area contributed by atoms with E-state index in [4.69, 9.17) is 4.74 Å². The average Bonchev–Trinajstić information content (AvgIpc) is 2.51. The van der Waals surface area contributed by atoms with Crippen molar-refractivity contribution < 1.29 is 27.8 Å². The molecule has 0 radical (unpaired) electrons. The van der Waals surface area contributed by atoms with Gasteiger partial charge in [-0.3, -0.25) is 0 Å². The summed E-state index contributed by atoms with van der Waals surface area (Å²) in [6.45, 7) is 4.62. The lowest BCUT2D eigenvalue weighted by Crippen LogP contribution is -2.61. The zero-order valence-electron chi connectivity index (χ0n) is 12.9. The number of aliphatic hydroxyl groups is 1. The Bertz CT molecular complexity index is 485. The van der Waals surface area contributed by atoms with Crippen molar-refractivity contribution in [1.82, 2.24) is 5.01 Å². The first kappa shape index (κ1) is 17.1. The van der Waals surface area contributed by atoms with E-state index in [0.717, 1.165) is 6.42 Å². The molecule has 0 aromatic carbocycles. The van der Waals surface area contributed by atoms with Crippen LogP contribution < -0.4 is 0 Å². The van der Waals surface area contributed by atoms with E-state index in [1.807, 2.05) is 0 Å². The molecule has 1 aliphatic heterocycles. The number of alkyl halides is 3. The van der Waals surface area contributed by atoms with E-state index < -0.39 is 29.5 Å². The molecule has 22 heavy (non-hydrogen) atoms. The van der Waals surface area contributed by atoms with E-state index in [0.29, 0.717) is 19.3 Å². The summed E-state index contributed by atoms with van der Waals surface area (Å²) in [6, 6.07) is 0. The normalized spacial score (nSPS) is 29.7. The highest BCUT2D eigenvalue weighted by Crippen LogP contribution is 2.47. The number of ether oxygens (including phenoxy) is 1. The molecule has 0 aromatic heterocycles. The van der Waals surface area contributed by atoms with Crippen molar-refractivity contribution >= 4 is 11.8 Å². The maximum atomic E-state index is 13.5. The minimum Gasteiger partial charge on any atom is -0.442 e. The van der Waals surface area contributed by atoms with Crippen molar-refractivity contribution in [2.45, 2.75) is 70.4 Å². The average molecular weight is 322 g/mol. The van der Waals surface area contributed by atoms with Crippen LogP contribution >= 0.6 is 0 Å². The van der Waals surface area contributed by atoms with Crippen molar-refractivity contribution in [1.29, 1.82) is 0 Å².